The highest BCUT2D eigenvalue weighted by Crippen LogP contribution is 2.24. The Morgan fingerprint density at radius 1 is 1.42 bits per heavy atom. The summed E-state index contributed by atoms with van der Waals surface area (Å²) in [6.07, 6.45) is -4.98. The topological polar surface area (TPSA) is 197 Å². The van der Waals surface area contributed by atoms with E-state index in [9.17, 15) is 23.7 Å². The SMILES string of the molecule is NS(=O)(=O)OC[C@@]1(O)OC[C@@H](O)[C@@H](O)[C@@H]1O.O=CO. The maximum Gasteiger partial charge on any atom is 0.333 e. The first-order valence-electron chi connectivity index (χ1n) is 4.73. The summed E-state index contributed by atoms with van der Waals surface area (Å²) >= 11 is 0. The summed E-state index contributed by atoms with van der Waals surface area (Å²) in [4.78, 5) is 8.36. The van der Waals surface area contributed by atoms with Crippen molar-refractivity contribution >= 4 is 16.8 Å². The van der Waals surface area contributed by atoms with E-state index < -0.39 is 47.6 Å². The van der Waals surface area contributed by atoms with Crippen molar-refractivity contribution in [3.63, 3.8) is 0 Å². The van der Waals surface area contributed by atoms with Crippen molar-refractivity contribution in [2.45, 2.75) is 24.1 Å². The fraction of sp³-hybridized carbons (Fsp3) is 0.857. The molecule has 1 fully saturated rings. The van der Waals surface area contributed by atoms with E-state index in [4.69, 9.17) is 15.0 Å². The van der Waals surface area contributed by atoms with Crippen LogP contribution in [-0.2, 0) is 24.0 Å². The monoisotopic (exact) mass is 305 g/mol. The van der Waals surface area contributed by atoms with E-state index in [1.165, 1.54) is 0 Å². The van der Waals surface area contributed by atoms with E-state index in [2.05, 4.69) is 14.1 Å². The van der Waals surface area contributed by atoms with Crippen LogP contribution in [0.15, 0.2) is 0 Å². The number of nitrogens with two attached hydrogens (primary N) is 1. The van der Waals surface area contributed by atoms with Gasteiger partial charge in [-0.2, -0.15) is 8.42 Å². The van der Waals surface area contributed by atoms with Gasteiger partial charge in [0.25, 0.3) is 6.47 Å². The van der Waals surface area contributed by atoms with Gasteiger partial charge in [0.1, 0.15) is 24.9 Å². The molecule has 0 aromatic carbocycles. The molecule has 1 aliphatic heterocycles. The molecule has 0 spiro atoms. The Kier molecular flexibility index (Phi) is 6.74. The minimum atomic E-state index is -4.31. The van der Waals surface area contributed by atoms with E-state index in [1.807, 2.05) is 0 Å². The van der Waals surface area contributed by atoms with Gasteiger partial charge in [-0.15, -0.1) is 0 Å². The molecule has 12 heteroatoms. The number of hydrogen-bond acceptors (Lipinski definition) is 9. The quantitative estimate of drug-likeness (QED) is 0.277. The fourth-order valence-electron chi connectivity index (χ4n) is 1.18. The molecule has 4 atom stereocenters. The number of rotatable bonds is 3. The van der Waals surface area contributed by atoms with Gasteiger partial charge in [-0.1, -0.05) is 0 Å². The van der Waals surface area contributed by atoms with Crippen molar-refractivity contribution < 1.29 is 47.7 Å². The van der Waals surface area contributed by atoms with Crippen LogP contribution in [0, 0.1) is 0 Å². The number of ether oxygens (including phenoxy) is 1. The van der Waals surface area contributed by atoms with Crippen LogP contribution < -0.4 is 5.14 Å². The predicted molar refractivity (Wildman–Crippen MR) is 56.7 cm³/mol. The maximum atomic E-state index is 10.5. The van der Waals surface area contributed by atoms with Crippen LogP contribution in [0.5, 0.6) is 0 Å². The van der Waals surface area contributed by atoms with E-state index in [1.54, 1.807) is 0 Å². The predicted octanol–water partition coefficient (Wildman–Crippen LogP) is -4.29. The first-order valence-corrected chi connectivity index (χ1v) is 6.20. The van der Waals surface area contributed by atoms with E-state index >= 15 is 0 Å². The Balaban J connectivity index is 0.000000982. The lowest BCUT2D eigenvalue weighted by Gasteiger charge is -2.40. The summed E-state index contributed by atoms with van der Waals surface area (Å²) in [7, 11) is -4.31. The third-order valence-corrected chi connectivity index (χ3v) is 2.56. The van der Waals surface area contributed by atoms with Crippen molar-refractivity contribution in [3.05, 3.63) is 0 Å². The van der Waals surface area contributed by atoms with Gasteiger partial charge in [0.15, 0.2) is 0 Å². The molecule has 0 radical (unpaired) electrons. The largest absolute Gasteiger partial charge is 0.483 e. The highest BCUT2D eigenvalue weighted by Gasteiger charge is 2.49. The average molecular weight is 305 g/mol. The minimum absolute atomic E-state index is 0.250. The minimum Gasteiger partial charge on any atom is -0.483 e. The highest BCUT2D eigenvalue weighted by molar-refractivity contribution is 7.84. The van der Waals surface area contributed by atoms with Crippen molar-refractivity contribution in [2.75, 3.05) is 13.2 Å². The van der Waals surface area contributed by atoms with Crippen molar-refractivity contribution in [1.29, 1.82) is 0 Å². The van der Waals surface area contributed by atoms with Crippen LogP contribution in [-0.4, -0.2) is 77.7 Å². The van der Waals surface area contributed by atoms with E-state index in [0.29, 0.717) is 0 Å². The summed E-state index contributed by atoms with van der Waals surface area (Å²) in [6, 6.07) is 0. The first kappa shape index (κ1) is 18.1. The fourth-order valence-corrected chi connectivity index (χ4v) is 1.52. The van der Waals surface area contributed by atoms with Gasteiger partial charge in [0.05, 0.1) is 6.61 Å². The van der Waals surface area contributed by atoms with Crippen LogP contribution in [0.25, 0.3) is 0 Å². The molecule has 19 heavy (non-hydrogen) atoms. The zero-order chi connectivity index (χ0) is 15.3. The molecule has 7 N–H and O–H groups in total. The Morgan fingerprint density at radius 3 is 2.32 bits per heavy atom. The molecule has 1 aliphatic rings. The normalized spacial score (nSPS) is 35.1. The average Bonchev–Trinajstić information content (AvgIpc) is 2.30. The smallest absolute Gasteiger partial charge is 0.333 e. The number of hydrogen-bond donors (Lipinski definition) is 6. The Morgan fingerprint density at radius 2 is 1.89 bits per heavy atom. The molecular weight excluding hydrogens is 290 g/mol. The standard InChI is InChI=1S/C6H13NO8S.CH2O2/c7-16(12,13)15-2-6(11)5(10)4(9)3(8)1-14-6;2-1-3/h3-5,8-11H,1-2H2,(H2,7,12,13);1H,(H,2,3)/t3-,4-,5+,6-;/m1./s1. The van der Waals surface area contributed by atoms with E-state index in [-0.39, 0.29) is 6.47 Å². The summed E-state index contributed by atoms with van der Waals surface area (Å²) in [5.74, 6) is -2.44. The molecule has 0 amide bonds. The maximum absolute atomic E-state index is 10.5. The van der Waals surface area contributed by atoms with Crippen molar-refractivity contribution in [3.8, 4) is 0 Å². The highest BCUT2D eigenvalue weighted by atomic mass is 32.2. The Labute approximate surface area is 108 Å². The lowest BCUT2D eigenvalue weighted by molar-refractivity contribution is -0.328. The van der Waals surface area contributed by atoms with E-state index in [0.717, 1.165) is 0 Å². The number of carbonyl (C=O) groups is 1. The van der Waals surface area contributed by atoms with Gasteiger partial charge < -0.3 is 30.3 Å². The molecular formula is C7H15NO10S. The third-order valence-electron chi connectivity index (χ3n) is 2.11. The third kappa shape index (κ3) is 5.75. The molecule has 114 valence electrons. The molecule has 0 saturated carbocycles. The second kappa shape index (κ2) is 7.06. The van der Waals surface area contributed by atoms with Crippen LogP contribution in [0.3, 0.4) is 0 Å². The molecule has 11 nitrogen and oxygen atoms in total. The van der Waals surface area contributed by atoms with Crippen LogP contribution in [0.4, 0.5) is 0 Å². The zero-order valence-corrected chi connectivity index (χ0v) is 10.3. The molecule has 0 aromatic heterocycles. The molecule has 0 unspecified atom stereocenters. The summed E-state index contributed by atoms with van der Waals surface area (Å²) < 4.78 is 29.6. The Hall–Kier alpha value is -0.860. The van der Waals surface area contributed by atoms with Gasteiger partial charge in [0, 0.05) is 0 Å². The summed E-state index contributed by atoms with van der Waals surface area (Å²) in [6.45, 7) is -1.72. The summed E-state index contributed by atoms with van der Waals surface area (Å²) in [5, 5.41) is 48.7. The number of carboxylic acid groups (broad SMARTS) is 1. The molecule has 0 aliphatic carbocycles. The van der Waals surface area contributed by atoms with Gasteiger partial charge in [-0.05, 0) is 0 Å². The lowest BCUT2D eigenvalue weighted by Crippen LogP contribution is -2.63. The van der Waals surface area contributed by atoms with Crippen LogP contribution >= 0.6 is 0 Å². The molecule has 0 bridgehead atoms. The number of aliphatic hydroxyl groups excluding tert-OH is 3. The molecule has 0 aromatic rings. The van der Waals surface area contributed by atoms with Crippen LogP contribution in [0.1, 0.15) is 0 Å². The zero-order valence-electron chi connectivity index (χ0n) is 9.49. The second-order valence-electron chi connectivity index (χ2n) is 3.52. The van der Waals surface area contributed by atoms with Crippen molar-refractivity contribution in [2.24, 2.45) is 5.14 Å². The molecule has 1 rings (SSSR count). The van der Waals surface area contributed by atoms with Gasteiger partial charge in [0.2, 0.25) is 5.79 Å². The Bertz CT molecular complexity index is 385. The molecule has 1 heterocycles. The van der Waals surface area contributed by atoms with Gasteiger partial charge in [-0.25, -0.2) is 5.14 Å². The molecule has 1 saturated heterocycles. The van der Waals surface area contributed by atoms with Crippen molar-refractivity contribution in [1.82, 2.24) is 0 Å². The first-order chi connectivity index (χ1) is 8.57. The number of aliphatic hydroxyl groups is 4. The van der Waals surface area contributed by atoms with Crippen LogP contribution in [0.2, 0.25) is 0 Å². The van der Waals surface area contributed by atoms with Gasteiger partial charge in [-0.3, -0.25) is 8.98 Å². The second-order valence-corrected chi connectivity index (χ2v) is 4.74. The lowest BCUT2D eigenvalue weighted by atomic mass is 9.98. The van der Waals surface area contributed by atoms with Gasteiger partial charge >= 0.3 is 10.3 Å². The summed E-state index contributed by atoms with van der Waals surface area (Å²) in [5.41, 5.74) is 0.